The molecule has 1 unspecified atom stereocenters. The van der Waals surface area contributed by atoms with E-state index in [1.807, 2.05) is 32.0 Å². The first-order chi connectivity index (χ1) is 13.6. The Hall–Kier alpha value is -1.36. The van der Waals surface area contributed by atoms with Crippen LogP contribution in [-0.2, 0) is 11.2 Å². The summed E-state index contributed by atoms with van der Waals surface area (Å²) in [5, 5.41) is 18.4. The summed E-state index contributed by atoms with van der Waals surface area (Å²) in [6.45, 7) is 9.44. The van der Waals surface area contributed by atoms with Crippen LogP contribution in [0.2, 0.25) is 0 Å². The molecule has 162 valence electrons. The van der Waals surface area contributed by atoms with Crippen molar-refractivity contribution >= 4 is 40.9 Å². The van der Waals surface area contributed by atoms with Gasteiger partial charge in [0.05, 0.1) is 25.4 Å². The van der Waals surface area contributed by atoms with Crippen molar-refractivity contribution in [2.24, 2.45) is 4.99 Å². The van der Waals surface area contributed by atoms with Gasteiger partial charge in [0.15, 0.2) is 5.96 Å². The third kappa shape index (κ3) is 7.76. The Kier molecular flexibility index (Phi) is 9.67. The molecule has 0 amide bonds. The van der Waals surface area contributed by atoms with Gasteiger partial charge in [-0.3, -0.25) is 9.89 Å². The highest BCUT2D eigenvalue weighted by Gasteiger charge is 2.25. The second-order valence-corrected chi connectivity index (χ2v) is 7.51. The number of aliphatic imine (C=N–C) groups is 1. The first-order valence-electron chi connectivity index (χ1n) is 10.1. The van der Waals surface area contributed by atoms with Crippen LogP contribution in [0.25, 0.3) is 11.0 Å². The van der Waals surface area contributed by atoms with E-state index in [0.717, 1.165) is 56.0 Å². The molecule has 1 aliphatic rings. The quantitative estimate of drug-likeness (QED) is 0.284. The largest absolute Gasteiger partial charge is 0.461 e. The summed E-state index contributed by atoms with van der Waals surface area (Å²) in [6.07, 6.45) is 0.767. The number of para-hydroxylation sites is 1. The summed E-state index contributed by atoms with van der Waals surface area (Å²) >= 11 is 0. The number of furan rings is 1. The Morgan fingerprint density at radius 3 is 2.72 bits per heavy atom. The molecular weight excluding hydrogens is 483 g/mol. The zero-order valence-electron chi connectivity index (χ0n) is 17.3. The number of aliphatic hydroxyl groups is 1. The predicted octanol–water partition coefficient (Wildman–Crippen LogP) is 2.23. The minimum Gasteiger partial charge on any atom is -0.461 e. The molecular formula is C21H33IN4O3. The maximum Gasteiger partial charge on any atom is 0.191 e. The van der Waals surface area contributed by atoms with E-state index in [1.54, 1.807) is 0 Å². The molecule has 1 aromatic heterocycles. The number of β-amino-alcohol motifs (C(OH)–C–C–N with tert-alkyl or cyclic N) is 1. The highest BCUT2D eigenvalue weighted by atomic mass is 127. The van der Waals surface area contributed by atoms with Crippen molar-refractivity contribution in [3.63, 3.8) is 0 Å². The normalized spacial score (nSPS) is 17.6. The van der Waals surface area contributed by atoms with E-state index in [1.165, 1.54) is 0 Å². The van der Waals surface area contributed by atoms with Crippen LogP contribution in [0.3, 0.4) is 0 Å². The lowest BCUT2D eigenvalue weighted by Gasteiger charge is -2.33. The molecule has 1 aliphatic heterocycles. The number of nitrogens with zero attached hydrogens (tertiary/aromatic N) is 2. The summed E-state index contributed by atoms with van der Waals surface area (Å²) in [5.74, 6) is 1.66. The van der Waals surface area contributed by atoms with E-state index >= 15 is 0 Å². The molecule has 7 nitrogen and oxygen atoms in total. The molecule has 1 saturated heterocycles. The molecule has 2 heterocycles. The van der Waals surface area contributed by atoms with E-state index in [0.29, 0.717) is 25.6 Å². The number of fused-ring (bicyclic) bond motifs is 1. The minimum atomic E-state index is -0.877. The number of benzene rings is 1. The fourth-order valence-corrected chi connectivity index (χ4v) is 3.35. The highest BCUT2D eigenvalue weighted by Crippen LogP contribution is 2.18. The van der Waals surface area contributed by atoms with Crippen LogP contribution in [-0.4, -0.2) is 74.0 Å². The zero-order valence-corrected chi connectivity index (χ0v) is 19.6. The first kappa shape index (κ1) is 23.9. The molecule has 0 aliphatic carbocycles. The van der Waals surface area contributed by atoms with Crippen molar-refractivity contribution in [1.29, 1.82) is 0 Å². The van der Waals surface area contributed by atoms with Gasteiger partial charge in [0.2, 0.25) is 0 Å². The van der Waals surface area contributed by atoms with Gasteiger partial charge in [-0.05, 0) is 26.0 Å². The van der Waals surface area contributed by atoms with Crippen LogP contribution in [0, 0.1) is 0 Å². The van der Waals surface area contributed by atoms with E-state index in [-0.39, 0.29) is 24.0 Å². The van der Waals surface area contributed by atoms with Crippen LogP contribution in [0.5, 0.6) is 0 Å². The maximum atomic E-state index is 10.7. The molecule has 2 aromatic rings. The number of nitrogens with one attached hydrogen (secondary N) is 2. The zero-order chi connectivity index (χ0) is 19.8. The summed E-state index contributed by atoms with van der Waals surface area (Å²) in [6, 6.07) is 10.1. The van der Waals surface area contributed by atoms with Crippen molar-refractivity contribution in [2.45, 2.75) is 25.9 Å². The average Bonchev–Trinajstić information content (AvgIpc) is 3.09. The summed E-state index contributed by atoms with van der Waals surface area (Å²) < 4.78 is 11.2. The van der Waals surface area contributed by atoms with Crippen LogP contribution >= 0.6 is 24.0 Å². The number of rotatable bonds is 8. The van der Waals surface area contributed by atoms with Gasteiger partial charge in [-0.15, -0.1) is 24.0 Å². The summed E-state index contributed by atoms with van der Waals surface area (Å²) in [7, 11) is 0. The van der Waals surface area contributed by atoms with Gasteiger partial charge in [-0.1, -0.05) is 18.2 Å². The smallest absolute Gasteiger partial charge is 0.191 e. The molecule has 0 bridgehead atoms. The number of halogens is 1. The van der Waals surface area contributed by atoms with Crippen molar-refractivity contribution in [1.82, 2.24) is 15.5 Å². The third-order valence-electron chi connectivity index (χ3n) is 4.73. The maximum absolute atomic E-state index is 10.7. The Labute approximate surface area is 189 Å². The van der Waals surface area contributed by atoms with Gasteiger partial charge < -0.3 is 24.9 Å². The molecule has 1 aromatic carbocycles. The molecule has 3 rings (SSSR count). The van der Waals surface area contributed by atoms with Crippen molar-refractivity contribution in [3.8, 4) is 0 Å². The molecule has 1 atom stereocenters. The number of hydrogen-bond donors (Lipinski definition) is 3. The van der Waals surface area contributed by atoms with Gasteiger partial charge in [-0.2, -0.15) is 0 Å². The van der Waals surface area contributed by atoms with E-state index in [4.69, 9.17) is 9.15 Å². The second-order valence-electron chi connectivity index (χ2n) is 7.51. The topological polar surface area (TPSA) is 82.3 Å². The summed E-state index contributed by atoms with van der Waals surface area (Å²) in [5.41, 5.74) is 0.0375. The lowest BCUT2D eigenvalue weighted by Crippen LogP contribution is -2.48. The average molecular weight is 516 g/mol. The molecule has 0 saturated carbocycles. The van der Waals surface area contributed by atoms with Crippen LogP contribution in [0.15, 0.2) is 39.7 Å². The Morgan fingerprint density at radius 2 is 2.00 bits per heavy atom. The van der Waals surface area contributed by atoms with Gasteiger partial charge in [0, 0.05) is 44.5 Å². The monoisotopic (exact) mass is 516 g/mol. The van der Waals surface area contributed by atoms with Gasteiger partial charge in [-0.25, -0.2) is 0 Å². The molecule has 0 radical (unpaired) electrons. The Morgan fingerprint density at radius 1 is 1.24 bits per heavy atom. The Bertz CT molecular complexity index is 739. The fourth-order valence-electron chi connectivity index (χ4n) is 3.35. The van der Waals surface area contributed by atoms with Gasteiger partial charge in [0.1, 0.15) is 11.3 Å². The Balaban J connectivity index is 0.00000300. The van der Waals surface area contributed by atoms with Crippen molar-refractivity contribution < 1.29 is 14.3 Å². The molecule has 3 N–H and O–H groups in total. The number of ether oxygens (including phenoxy) is 1. The molecule has 29 heavy (non-hydrogen) atoms. The molecule has 0 spiro atoms. The van der Waals surface area contributed by atoms with E-state index in [2.05, 4.69) is 32.7 Å². The van der Waals surface area contributed by atoms with Crippen molar-refractivity contribution in [2.75, 3.05) is 52.5 Å². The van der Waals surface area contributed by atoms with Crippen LogP contribution < -0.4 is 10.6 Å². The second kappa shape index (κ2) is 11.7. The SMILES string of the molecule is CCNC(=NCC(C)(O)CN1CCOCC1)NCCc1cc2ccccc2o1.I. The first-order valence-corrected chi connectivity index (χ1v) is 10.1. The number of guanidine groups is 1. The fraction of sp³-hybridized carbons (Fsp3) is 0.571. The minimum absolute atomic E-state index is 0. The van der Waals surface area contributed by atoms with Crippen LogP contribution in [0.4, 0.5) is 0 Å². The summed E-state index contributed by atoms with van der Waals surface area (Å²) in [4.78, 5) is 6.80. The number of hydrogen-bond acceptors (Lipinski definition) is 5. The van der Waals surface area contributed by atoms with E-state index < -0.39 is 5.60 Å². The predicted molar refractivity (Wildman–Crippen MR) is 127 cm³/mol. The van der Waals surface area contributed by atoms with Crippen molar-refractivity contribution in [3.05, 3.63) is 36.1 Å². The lowest BCUT2D eigenvalue weighted by molar-refractivity contribution is -0.0179. The lowest BCUT2D eigenvalue weighted by atomic mass is 10.1. The third-order valence-corrected chi connectivity index (χ3v) is 4.73. The van der Waals surface area contributed by atoms with Crippen LogP contribution in [0.1, 0.15) is 19.6 Å². The molecule has 8 heteroatoms. The van der Waals surface area contributed by atoms with E-state index in [9.17, 15) is 5.11 Å². The molecule has 1 fully saturated rings. The highest BCUT2D eigenvalue weighted by molar-refractivity contribution is 14.0. The number of morpholine rings is 1. The van der Waals surface area contributed by atoms with Gasteiger partial charge >= 0.3 is 0 Å². The standard InChI is InChI=1S/C21H32N4O3.HI/c1-3-22-20(24-15-21(2,26)16-25-10-12-27-13-11-25)23-9-8-18-14-17-6-4-5-7-19(17)28-18;/h4-7,14,26H,3,8-13,15-16H2,1-2H3,(H2,22,23,24);1H. The van der Waals surface area contributed by atoms with Gasteiger partial charge in [0.25, 0.3) is 0 Å².